The van der Waals surface area contributed by atoms with Crippen molar-refractivity contribution in [1.29, 1.82) is 0 Å². The molecule has 0 amide bonds. The monoisotopic (exact) mass is 444 g/mol. The van der Waals surface area contributed by atoms with Crippen LogP contribution >= 0.6 is 15.9 Å². The highest BCUT2D eigenvalue weighted by molar-refractivity contribution is 9.10. The molecule has 3 rings (SSSR count). The molecule has 1 atom stereocenters. The number of nitro benzene ring substituents is 1. The Kier molecular flexibility index (Phi) is 7.17. The fraction of sp³-hybridized carbons (Fsp3) is 0.381. The molecule has 6 nitrogen and oxygen atoms in total. The normalized spacial score (nSPS) is 17.8. The third-order valence-electron chi connectivity index (χ3n) is 4.96. The van der Waals surface area contributed by atoms with Gasteiger partial charge in [0.2, 0.25) is 0 Å². The largest absolute Gasteiger partial charge is 0.311 e. The fourth-order valence-corrected chi connectivity index (χ4v) is 3.73. The molecule has 2 aromatic carbocycles. The van der Waals surface area contributed by atoms with E-state index < -0.39 is 0 Å². The number of anilines is 1. The Labute approximate surface area is 173 Å². The SMILES string of the molecule is C[C@H](Cc1ccc([N+](=O)[O-])cc1)NC1CCC(=NNc2ccc(Br)cc2)CC1. The van der Waals surface area contributed by atoms with E-state index in [-0.39, 0.29) is 10.6 Å². The molecule has 0 heterocycles. The first-order valence-corrected chi connectivity index (χ1v) is 10.4. The van der Waals surface area contributed by atoms with Gasteiger partial charge in [0.05, 0.1) is 10.6 Å². The lowest BCUT2D eigenvalue weighted by Gasteiger charge is -2.27. The Hall–Kier alpha value is -2.25. The van der Waals surface area contributed by atoms with Gasteiger partial charge >= 0.3 is 0 Å². The minimum Gasteiger partial charge on any atom is -0.311 e. The van der Waals surface area contributed by atoms with Crippen molar-refractivity contribution in [3.8, 4) is 0 Å². The molecule has 0 aliphatic heterocycles. The van der Waals surface area contributed by atoms with Crippen LogP contribution in [0.1, 0.15) is 38.2 Å². The van der Waals surface area contributed by atoms with Crippen molar-refractivity contribution in [3.63, 3.8) is 0 Å². The number of non-ortho nitro benzene ring substituents is 1. The highest BCUT2D eigenvalue weighted by Crippen LogP contribution is 2.19. The lowest BCUT2D eigenvalue weighted by atomic mass is 9.92. The van der Waals surface area contributed by atoms with Crippen molar-refractivity contribution >= 4 is 33.0 Å². The molecular weight excluding hydrogens is 420 g/mol. The Morgan fingerprint density at radius 1 is 1.14 bits per heavy atom. The molecule has 1 aliphatic carbocycles. The first-order chi connectivity index (χ1) is 13.5. The Bertz CT molecular complexity index is 811. The van der Waals surface area contributed by atoms with Gasteiger partial charge in [-0.3, -0.25) is 15.5 Å². The summed E-state index contributed by atoms with van der Waals surface area (Å²) in [7, 11) is 0. The number of halogens is 1. The Balaban J connectivity index is 1.42. The number of nitrogens with zero attached hydrogens (tertiary/aromatic N) is 2. The number of rotatable bonds is 7. The quantitative estimate of drug-likeness (QED) is 0.449. The average Bonchev–Trinajstić information content (AvgIpc) is 2.69. The zero-order chi connectivity index (χ0) is 19.9. The minimum absolute atomic E-state index is 0.139. The van der Waals surface area contributed by atoms with Gasteiger partial charge < -0.3 is 5.32 Å². The van der Waals surface area contributed by atoms with Crippen LogP contribution in [0, 0.1) is 10.1 Å². The van der Waals surface area contributed by atoms with Crippen LogP contribution in [0.2, 0.25) is 0 Å². The van der Waals surface area contributed by atoms with Gasteiger partial charge in [0, 0.05) is 34.4 Å². The zero-order valence-corrected chi connectivity index (χ0v) is 17.5. The number of nitrogens with one attached hydrogen (secondary N) is 2. The van der Waals surface area contributed by atoms with Crippen LogP contribution in [-0.2, 0) is 6.42 Å². The topological polar surface area (TPSA) is 79.6 Å². The molecule has 1 aliphatic rings. The van der Waals surface area contributed by atoms with E-state index in [0.29, 0.717) is 12.1 Å². The van der Waals surface area contributed by atoms with Gasteiger partial charge in [0.25, 0.3) is 5.69 Å². The summed E-state index contributed by atoms with van der Waals surface area (Å²) >= 11 is 3.43. The minimum atomic E-state index is -0.363. The van der Waals surface area contributed by atoms with E-state index in [4.69, 9.17) is 0 Å². The fourth-order valence-electron chi connectivity index (χ4n) is 3.47. The summed E-state index contributed by atoms with van der Waals surface area (Å²) in [6.07, 6.45) is 4.99. The molecule has 0 saturated heterocycles. The second-order valence-electron chi connectivity index (χ2n) is 7.27. The molecule has 28 heavy (non-hydrogen) atoms. The van der Waals surface area contributed by atoms with E-state index in [1.54, 1.807) is 12.1 Å². The molecular formula is C21H25BrN4O2. The van der Waals surface area contributed by atoms with Crippen molar-refractivity contribution < 1.29 is 4.92 Å². The molecule has 1 saturated carbocycles. The second-order valence-corrected chi connectivity index (χ2v) is 8.18. The van der Waals surface area contributed by atoms with Crippen molar-refractivity contribution in [2.45, 2.75) is 51.1 Å². The van der Waals surface area contributed by atoms with Gasteiger partial charge in [0.1, 0.15) is 0 Å². The van der Waals surface area contributed by atoms with E-state index >= 15 is 0 Å². The van der Waals surface area contributed by atoms with Crippen LogP contribution in [0.15, 0.2) is 58.1 Å². The third kappa shape index (κ3) is 6.14. The molecule has 148 valence electrons. The third-order valence-corrected chi connectivity index (χ3v) is 5.49. The predicted molar refractivity (Wildman–Crippen MR) is 117 cm³/mol. The van der Waals surface area contributed by atoms with Gasteiger partial charge in [-0.1, -0.05) is 28.1 Å². The van der Waals surface area contributed by atoms with E-state index in [9.17, 15) is 10.1 Å². The van der Waals surface area contributed by atoms with Crippen molar-refractivity contribution in [1.82, 2.24) is 5.32 Å². The zero-order valence-electron chi connectivity index (χ0n) is 15.9. The van der Waals surface area contributed by atoms with E-state index in [1.807, 2.05) is 36.4 Å². The van der Waals surface area contributed by atoms with Crippen LogP contribution in [0.3, 0.4) is 0 Å². The van der Waals surface area contributed by atoms with Crippen molar-refractivity contribution in [2.75, 3.05) is 5.43 Å². The maximum absolute atomic E-state index is 10.7. The highest BCUT2D eigenvalue weighted by atomic mass is 79.9. The van der Waals surface area contributed by atoms with Crippen molar-refractivity contribution in [2.24, 2.45) is 5.10 Å². The van der Waals surface area contributed by atoms with Gasteiger partial charge in [-0.15, -0.1) is 0 Å². The van der Waals surface area contributed by atoms with Gasteiger partial charge in [-0.25, -0.2) is 0 Å². The van der Waals surface area contributed by atoms with Crippen LogP contribution in [0.25, 0.3) is 0 Å². The van der Waals surface area contributed by atoms with Crippen LogP contribution in [0.4, 0.5) is 11.4 Å². The molecule has 0 unspecified atom stereocenters. The predicted octanol–water partition coefficient (Wildman–Crippen LogP) is 5.29. The summed E-state index contributed by atoms with van der Waals surface area (Å²) in [5.41, 5.74) is 6.60. The summed E-state index contributed by atoms with van der Waals surface area (Å²) in [6, 6.07) is 15.6. The van der Waals surface area contributed by atoms with Crippen molar-refractivity contribution in [3.05, 3.63) is 68.7 Å². The highest BCUT2D eigenvalue weighted by Gasteiger charge is 2.19. The lowest BCUT2D eigenvalue weighted by Crippen LogP contribution is -2.40. The van der Waals surface area contributed by atoms with Crippen LogP contribution in [0.5, 0.6) is 0 Å². The summed E-state index contributed by atoms with van der Waals surface area (Å²) in [4.78, 5) is 10.4. The molecule has 0 spiro atoms. The molecule has 0 bridgehead atoms. The first-order valence-electron chi connectivity index (χ1n) is 9.56. The standard InChI is InChI=1S/C21H25BrN4O2/c1-15(14-16-2-12-21(13-3-16)26(27)28)23-18-8-10-20(11-9-18)25-24-19-6-4-17(22)5-7-19/h2-7,12-13,15,18,23-24H,8-11,14H2,1H3/t15-,18?/m1/s1. The number of hydrogen-bond acceptors (Lipinski definition) is 5. The Morgan fingerprint density at radius 3 is 2.39 bits per heavy atom. The molecule has 0 radical (unpaired) electrons. The van der Waals surface area contributed by atoms with Crippen LogP contribution in [-0.4, -0.2) is 22.7 Å². The average molecular weight is 445 g/mol. The number of benzene rings is 2. The van der Waals surface area contributed by atoms with Gasteiger partial charge in [-0.2, -0.15) is 5.10 Å². The lowest BCUT2D eigenvalue weighted by molar-refractivity contribution is -0.384. The molecule has 7 heteroatoms. The molecule has 2 N–H and O–H groups in total. The maximum Gasteiger partial charge on any atom is 0.269 e. The van der Waals surface area contributed by atoms with E-state index in [0.717, 1.165) is 47.8 Å². The summed E-state index contributed by atoms with van der Waals surface area (Å²) in [5.74, 6) is 0. The van der Waals surface area contributed by atoms with Crippen LogP contribution < -0.4 is 10.7 Å². The molecule has 0 aromatic heterocycles. The molecule has 1 fully saturated rings. The Morgan fingerprint density at radius 2 is 1.79 bits per heavy atom. The number of hydrogen-bond donors (Lipinski definition) is 2. The molecule has 2 aromatic rings. The smallest absolute Gasteiger partial charge is 0.269 e. The summed E-state index contributed by atoms with van der Waals surface area (Å²) in [6.45, 7) is 2.17. The van der Waals surface area contributed by atoms with E-state index in [2.05, 4.69) is 38.7 Å². The number of hydrazone groups is 1. The maximum atomic E-state index is 10.7. The summed E-state index contributed by atoms with van der Waals surface area (Å²) < 4.78 is 1.06. The van der Waals surface area contributed by atoms with E-state index in [1.165, 1.54) is 5.71 Å². The second kappa shape index (κ2) is 9.80. The first kappa shape index (κ1) is 20.5. The van der Waals surface area contributed by atoms with Gasteiger partial charge in [-0.05, 0) is 68.9 Å². The number of nitro groups is 1. The van der Waals surface area contributed by atoms with Gasteiger partial charge in [0.15, 0.2) is 0 Å². The summed E-state index contributed by atoms with van der Waals surface area (Å²) in [5, 5.41) is 19.0.